The standard InChI is InChI=1S/C18H20ClFN2O/c1-12(2)18(13-7-9-14(19)10-8-13)21-11-17(23)22-16-6-4-3-5-15(16)20/h3-10,12,18,21H,11H2,1-2H3,(H,22,23). The Labute approximate surface area is 140 Å². The van der Waals surface area contributed by atoms with Gasteiger partial charge in [-0.15, -0.1) is 0 Å². The lowest BCUT2D eigenvalue weighted by atomic mass is 9.96. The molecule has 2 N–H and O–H groups in total. The largest absolute Gasteiger partial charge is 0.322 e. The van der Waals surface area contributed by atoms with Gasteiger partial charge in [0.05, 0.1) is 12.2 Å². The molecule has 0 radical (unpaired) electrons. The molecule has 1 amide bonds. The van der Waals surface area contributed by atoms with E-state index >= 15 is 0 Å². The third-order valence-corrected chi connectivity index (χ3v) is 3.78. The molecule has 0 spiro atoms. The van der Waals surface area contributed by atoms with Gasteiger partial charge in [0.2, 0.25) is 5.91 Å². The number of halogens is 2. The van der Waals surface area contributed by atoms with Crippen LogP contribution in [0.2, 0.25) is 5.02 Å². The first kappa shape index (κ1) is 17.4. The quantitative estimate of drug-likeness (QED) is 0.821. The highest BCUT2D eigenvalue weighted by Gasteiger charge is 2.17. The molecule has 5 heteroatoms. The average Bonchev–Trinajstić information content (AvgIpc) is 2.51. The molecular formula is C18H20ClFN2O. The summed E-state index contributed by atoms with van der Waals surface area (Å²) in [7, 11) is 0. The average molecular weight is 335 g/mol. The van der Waals surface area contributed by atoms with Crippen molar-refractivity contribution in [2.24, 2.45) is 5.92 Å². The van der Waals surface area contributed by atoms with Crippen LogP contribution in [0.5, 0.6) is 0 Å². The fourth-order valence-corrected chi connectivity index (χ4v) is 2.49. The zero-order valence-electron chi connectivity index (χ0n) is 13.1. The van der Waals surface area contributed by atoms with Gasteiger partial charge >= 0.3 is 0 Å². The maximum atomic E-state index is 13.5. The van der Waals surface area contributed by atoms with Crippen LogP contribution in [0.4, 0.5) is 10.1 Å². The van der Waals surface area contributed by atoms with E-state index in [1.165, 1.54) is 12.1 Å². The van der Waals surface area contributed by atoms with E-state index in [1.54, 1.807) is 12.1 Å². The molecule has 0 saturated carbocycles. The van der Waals surface area contributed by atoms with E-state index < -0.39 is 5.82 Å². The van der Waals surface area contributed by atoms with Crippen molar-refractivity contribution in [2.75, 3.05) is 11.9 Å². The Morgan fingerprint density at radius 2 is 1.78 bits per heavy atom. The first-order chi connectivity index (χ1) is 11.0. The summed E-state index contributed by atoms with van der Waals surface area (Å²) in [6.07, 6.45) is 0. The number of benzene rings is 2. The molecule has 23 heavy (non-hydrogen) atoms. The summed E-state index contributed by atoms with van der Waals surface area (Å²) >= 11 is 5.91. The molecule has 0 bridgehead atoms. The number of hydrogen-bond donors (Lipinski definition) is 2. The molecular weight excluding hydrogens is 315 g/mol. The number of carbonyl (C=O) groups is 1. The van der Waals surface area contributed by atoms with E-state index in [9.17, 15) is 9.18 Å². The number of nitrogens with one attached hydrogen (secondary N) is 2. The second-order valence-electron chi connectivity index (χ2n) is 5.68. The van der Waals surface area contributed by atoms with Crippen molar-refractivity contribution < 1.29 is 9.18 Å². The maximum Gasteiger partial charge on any atom is 0.238 e. The van der Waals surface area contributed by atoms with Crippen molar-refractivity contribution >= 4 is 23.2 Å². The van der Waals surface area contributed by atoms with Crippen LogP contribution in [-0.2, 0) is 4.79 Å². The van der Waals surface area contributed by atoms with Crippen molar-refractivity contribution in [3.05, 3.63) is 64.9 Å². The molecule has 0 aliphatic carbocycles. The second kappa shape index (κ2) is 8.09. The van der Waals surface area contributed by atoms with E-state index in [0.29, 0.717) is 5.02 Å². The topological polar surface area (TPSA) is 41.1 Å². The number of anilines is 1. The molecule has 2 aromatic carbocycles. The first-order valence-corrected chi connectivity index (χ1v) is 7.88. The van der Waals surface area contributed by atoms with E-state index in [-0.39, 0.29) is 30.1 Å². The lowest BCUT2D eigenvalue weighted by Crippen LogP contribution is -2.33. The molecule has 0 aromatic heterocycles. The van der Waals surface area contributed by atoms with E-state index in [4.69, 9.17) is 11.6 Å². The Balaban J connectivity index is 1.97. The third kappa shape index (κ3) is 5.05. The summed E-state index contributed by atoms with van der Waals surface area (Å²) in [5.41, 5.74) is 1.25. The van der Waals surface area contributed by atoms with Crippen molar-refractivity contribution in [1.29, 1.82) is 0 Å². The van der Waals surface area contributed by atoms with Crippen LogP contribution < -0.4 is 10.6 Å². The first-order valence-electron chi connectivity index (χ1n) is 7.50. The van der Waals surface area contributed by atoms with Crippen LogP contribution in [0.25, 0.3) is 0 Å². The number of amides is 1. The third-order valence-electron chi connectivity index (χ3n) is 3.53. The molecule has 2 rings (SSSR count). The van der Waals surface area contributed by atoms with Crippen LogP contribution in [-0.4, -0.2) is 12.5 Å². The lowest BCUT2D eigenvalue weighted by Gasteiger charge is -2.23. The zero-order valence-corrected chi connectivity index (χ0v) is 13.9. The normalized spacial score (nSPS) is 12.2. The highest BCUT2D eigenvalue weighted by Crippen LogP contribution is 2.23. The van der Waals surface area contributed by atoms with Gasteiger partial charge < -0.3 is 10.6 Å². The van der Waals surface area contributed by atoms with Crippen LogP contribution >= 0.6 is 11.6 Å². The summed E-state index contributed by atoms with van der Waals surface area (Å²) in [5, 5.41) is 6.46. The van der Waals surface area contributed by atoms with Crippen molar-refractivity contribution in [2.45, 2.75) is 19.9 Å². The molecule has 0 aliphatic heterocycles. The van der Waals surface area contributed by atoms with Crippen LogP contribution in [0.1, 0.15) is 25.5 Å². The van der Waals surface area contributed by atoms with Gasteiger partial charge in [-0.1, -0.05) is 49.7 Å². The summed E-state index contributed by atoms with van der Waals surface area (Å²) in [4.78, 5) is 12.0. The van der Waals surface area contributed by atoms with Crippen molar-refractivity contribution in [3.8, 4) is 0 Å². The Kier molecular flexibility index (Phi) is 6.13. The van der Waals surface area contributed by atoms with E-state index in [2.05, 4.69) is 24.5 Å². The predicted molar refractivity (Wildman–Crippen MR) is 92.1 cm³/mol. The molecule has 0 fully saturated rings. The van der Waals surface area contributed by atoms with Crippen molar-refractivity contribution in [1.82, 2.24) is 5.32 Å². The van der Waals surface area contributed by atoms with Gasteiger partial charge in [-0.05, 0) is 35.7 Å². The molecule has 0 aliphatic rings. The van der Waals surface area contributed by atoms with Crippen LogP contribution in [0.15, 0.2) is 48.5 Å². The fourth-order valence-electron chi connectivity index (χ4n) is 2.37. The highest BCUT2D eigenvalue weighted by molar-refractivity contribution is 6.30. The summed E-state index contributed by atoms with van der Waals surface area (Å²) < 4.78 is 13.5. The van der Waals surface area contributed by atoms with Crippen LogP contribution in [0, 0.1) is 11.7 Å². The fraction of sp³-hybridized carbons (Fsp3) is 0.278. The number of rotatable bonds is 6. The van der Waals surface area contributed by atoms with Crippen LogP contribution in [0.3, 0.4) is 0 Å². The Morgan fingerprint density at radius 3 is 2.39 bits per heavy atom. The summed E-state index contributed by atoms with van der Waals surface area (Å²) in [6, 6.07) is 13.7. The van der Waals surface area contributed by atoms with Gasteiger partial charge in [0.1, 0.15) is 5.82 Å². The second-order valence-corrected chi connectivity index (χ2v) is 6.12. The van der Waals surface area contributed by atoms with Gasteiger partial charge in [0, 0.05) is 11.1 Å². The smallest absolute Gasteiger partial charge is 0.238 e. The predicted octanol–water partition coefficient (Wildman–Crippen LogP) is 4.40. The molecule has 1 unspecified atom stereocenters. The molecule has 3 nitrogen and oxygen atoms in total. The molecule has 0 saturated heterocycles. The Hall–Kier alpha value is -1.91. The summed E-state index contributed by atoms with van der Waals surface area (Å²) in [5.74, 6) is -0.439. The number of carbonyl (C=O) groups excluding carboxylic acids is 1. The van der Waals surface area contributed by atoms with Gasteiger partial charge in [0.25, 0.3) is 0 Å². The molecule has 1 atom stereocenters. The van der Waals surface area contributed by atoms with E-state index in [0.717, 1.165) is 5.56 Å². The minimum atomic E-state index is -0.445. The minimum absolute atomic E-state index is 0.0126. The van der Waals surface area contributed by atoms with Gasteiger partial charge in [0.15, 0.2) is 0 Å². The van der Waals surface area contributed by atoms with Gasteiger partial charge in [-0.25, -0.2) is 4.39 Å². The minimum Gasteiger partial charge on any atom is -0.322 e. The van der Waals surface area contributed by atoms with E-state index in [1.807, 2.05) is 24.3 Å². The van der Waals surface area contributed by atoms with Gasteiger partial charge in [-0.2, -0.15) is 0 Å². The monoisotopic (exact) mass is 334 g/mol. The SMILES string of the molecule is CC(C)C(NCC(=O)Nc1ccccc1F)c1ccc(Cl)cc1. The van der Waals surface area contributed by atoms with Crippen molar-refractivity contribution in [3.63, 3.8) is 0 Å². The lowest BCUT2D eigenvalue weighted by molar-refractivity contribution is -0.115. The highest BCUT2D eigenvalue weighted by atomic mass is 35.5. The Morgan fingerprint density at radius 1 is 1.13 bits per heavy atom. The van der Waals surface area contributed by atoms with Gasteiger partial charge in [-0.3, -0.25) is 4.79 Å². The number of hydrogen-bond acceptors (Lipinski definition) is 2. The molecule has 2 aromatic rings. The maximum absolute atomic E-state index is 13.5. The molecule has 122 valence electrons. The Bertz CT molecular complexity index is 658. The zero-order chi connectivity index (χ0) is 16.8. The molecule has 0 heterocycles. The number of para-hydroxylation sites is 1. The summed E-state index contributed by atoms with van der Waals surface area (Å²) in [6.45, 7) is 4.24.